The Morgan fingerprint density at radius 1 is 1.36 bits per heavy atom. The fourth-order valence-electron chi connectivity index (χ4n) is 2.00. The van der Waals surface area contributed by atoms with Gasteiger partial charge in [-0.2, -0.15) is 0 Å². The summed E-state index contributed by atoms with van der Waals surface area (Å²) in [4.78, 5) is 11.9. The van der Waals surface area contributed by atoms with Crippen molar-refractivity contribution >= 4 is 39.7 Å². The molecule has 1 heterocycles. The van der Waals surface area contributed by atoms with Crippen LogP contribution in [0.2, 0.25) is 0 Å². The number of anilines is 2. The van der Waals surface area contributed by atoms with Gasteiger partial charge in [0, 0.05) is 12.1 Å². The van der Waals surface area contributed by atoms with E-state index in [-0.39, 0.29) is 18.1 Å². The zero-order valence-corrected chi connectivity index (χ0v) is 13.2. The average molecular weight is 356 g/mol. The molecule has 1 aromatic rings. The second kappa shape index (κ2) is 6.76. The van der Waals surface area contributed by atoms with Gasteiger partial charge < -0.3 is 5.32 Å². The average Bonchev–Trinajstić information content (AvgIpc) is 2.68. The van der Waals surface area contributed by atoms with Crippen molar-refractivity contribution in [2.75, 3.05) is 22.8 Å². The van der Waals surface area contributed by atoms with Crippen molar-refractivity contribution in [1.82, 2.24) is 5.32 Å². The molecular formula is C12H16ClF2N3O3S. The number of nitrogens with one attached hydrogen (secondary N) is 3. The van der Waals surface area contributed by atoms with Crippen molar-refractivity contribution < 1.29 is 22.0 Å². The number of hydrogen-bond acceptors (Lipinski definition) is 4. The molecule has 0 aliphatic carbocycles. The minimum absolute atomic E-state index is 0. The minimum Gasteiger partial charge on any atom is -0.325 e. The van der Waals surface area contributed by atoms with E-state index in [0.717, 1.165) is 6.26 Å². The number of hydrogen-bond donors (Lipinski definition) is 3. The third kappa shape index (κ3) is 5.39. The first-order valence-electron chi connectivity index (χ1n) is 6.15. The third-order valence-electron chi connectivity index (χ3n) is 2.86. The Hall–Kier alpha value is -1.45. The van der Waals surface area contributed by atoms with Gasteiger partial charge in [-0.05, 0) is 18.2 Å². The van der Waals surface area contributed by atoms with Gasteiger partial charge in [0.25, 0.3) is 5.92 Å². The van der Waals surface area contributed by atoms with Gasteiger partial charge in [0.05, 0.1) is 24.5 Å². The molecule has 1 aromatic carbocycles. The van der Waals surface area contributed by atoms with Crippen LogP contribution in [0.3, 0.4) is 0 Å². The molecule has 0 saturated carbocycles. The molecule has 1 unspecified atom stereocenters. The first-order valence-corrected chi connectivity index (χ1v) is 8.04. The number of carbonyl (C=O) groups is 1. The Labute approximate surface area is 133 Å². The smallest absolute Gasteiger partial charge is 0.262 e. The van der Waals surface area contributed by atoms with Crippen molar-refractivity contribution in [2.45, 2.75) is 18.4 Å². The van der Waals surface area contributed by atoms with Gasteiger partial charge in [0.15, 0.2) is 0 Å². The molecule has 0 radical (unpaired) electrons. The highest BCUT2D eigenvalue weighted by molar-refractivity contribution is 7.92. The van der Waals surface area contributed by atoms with Crippen LogP contribution in [0.1, 0.15) is 6.42 Å². The largest absolute Gasteiger partial charge is 0.325 e. The van der Waals surface area contributed by atoms with E-state index in [9.17, 15) is 22.0 Å². The zero-order chi connectivity index (χ0) is 15.7. The normalized spacial score (nSPS) is 20.0. The van der Waals surface area contributed by atoms with Crippen LogP contribution >= 0.6 is 12.4 Å². The van der Waals surface area contributed by atoms with Gasteiger partial charge in [0.2, 0.25) is 15.9 Å². The van der Waals surface area contributed by atoms with Crippen LogP contribution in [0.5, 0.6) is 0 Å². The van der Waals surface area contributed by atoms with Crippen molar-refractivity contribution in [3.05, 3.63) is 24.3 Å². The van der Waals surface area contributed by atoms with Crippen molar-refractivity contribution in [2.24, 2.45) is 0 Å². The highest BCUT2D eigenvalue weighted by Crippen LogP contribution is 2.26. The van der Waals surface area contributed by atoms with Gasteiger partial charge in [-0.25, -0.2) is 17.2 Å². The van der Waals surface area contributed by atoms with Crippen LogP contribution in [-0.2, 0) is 14.8 Å². The van der Waals surface area contributed by atoms with Crippen LogP contribution in [0, 0.1) is 0 Å². The second-order valence-corrected chi connectivity index (χ2v) is 6.69. The molecule has 1 fully saturated rings. The highest BCUT2D eigenvalue weighted by Gasteiger charge is 2.42. The van der Waals surface area contributed by atoms with Crippen LogP contribution in [-0.4, -0.2) is 39.1 Å². The maximum absolute atomic E-state index is 13.0. The molecule has 2 rings (SSSR count). The Balaban J connectivity index is 0.00000242. The molecule has 1 amide bonds. The van der Waals surface area contributed by atoms with E-state index >= 15 is 0 Å². The summed E-state index contributed by atoms with van der Waals surface area (Å²) in [5.74, 6) is -3.47. The van der Waals surface area contributed by atoms with Gasteiger partial charge in [-0.3, -0.25) is 14.8 Å². The second-order valence-electron chi connectivity index (χ2n) is 4.94. The molecular weight excluding hydrogens is 340 g/mol. The molecule has 0 spiro atoms. The Morgan fingerprint density at radius 2 is 2.00 bits per heavy atom. The number of halogens is 3. The van der Waals surface area contributed by atoms with E-state index in [0.29, 0.717) is 5.69 Å². The Morgan fingerprint density at radius 3 is 2.55 bits per heavy atom. The van der Waals surface area contributed by atoms with Crippen LogP contribution in [0.15, 0.2) is 24.3 Å². The summed E-state index contributed by atoms with van der Waals surface area (Å²) in [5, 5.41) is 4.92. The predicted octanol–water partition coefficient (Wildman–Crippen LogP) is 1.42. The molecule has 124 valence electrons. The van der Waals surface area contributed by atoms with Crippen molar-refractivity contribution in [1.29, 1.82) is 0 Å². The molecule has 1 atom stereocenters. The first kappa shape index (κ1) is 18.6. The van der Waals surface area contributed by atoms with Gasteiger partial charge in [-0.15, -0.1) is 12.4 Å². The number of amides is 1. The first-order chi connectivity index (χ1) is 9.65. The van der Waals surface area contributed by atoms with Gasteiger partial charge >= 0.3 is 0 Å². The Kier molecular flexibility index (Phi) is 5.71. The molecule has 0 aromatic heterocycles. The lowest BCUT2D eigenvalue weighted by Crippen LogP contribution is -2.35. The summed E-state index contributed by atoms with van der Waals surface area (Å²) in [5.41, 5.74) is 0.602. The number of benzene rings is 1. The van der Waals surface area contributed by atoms with Crippen molar-refractivity contribution in [3.63, 3.8) is 0 Å². The number of alkyl halides is 2. The summed E-state index contributed by atoms with van der Waals surface area (Å²) < 4.78 is 50.6. The molecule has 6 nitrogen and oxygen atoms in total. The molecule has 1 aliphatic rings. The van der Waals surface area contributed by atoms with E-state index in [1.807, 2.05) is 0 Å². The third-order valence-corrected chi connectivity index (χ3v) is 3.47. The Bertz CT molecular complexity index is 655. The summed E-state index contributed by atoms with van der Waals surface area (Å²) >= 11 is 0. The molecule has 1 saturated heterocycles. The van der Waals surface area contributed by atoms with Crippen LogP contribution in [0.25, 0.3) is 0 Å². The molecule has 1 aliphatic heterocycles. The van der Waals surface area contributed by atoms with E-state index in [1.165, 1.54) is 12.1 Å². The lowest BCUT2D eigenvalue weighted by Gasteiger charge is -2.12. The fraction of sp³-hybridized carbons (Fsp3) is 0.417. The van der Waals surface area contributed by atoms with Crippen molar-refractivity contribution in [3.8, 4) is 0 Å². The summed E-state index contributed by atoms with van der Waals surface area (Å²) in [6.45, 7) is -0.527. The SMILES string of the molecule is CS(=O)(=O)Nc1cccc(NC(=O)C2CC(F)(F)CN2)c1.Cl. The quantitative estimate of drug-likeness (QED) is 0.762. The molecule has 10 heteroatoms. The van der Waals surface area contributed by atoms with Gasteiger partial charge in [-0.1, -0.05) is 6.07 Å². The van der Waals surface area contributed by atoms with E-state index < -0.39 is 40.9 Å². The standard InChI is InChI=1S/C12H15F2N3O3S.ClH/c1-21(19,20)17-9-4-2-3-8(5-9)16-11(18)10-6-12(13,14)7-15-10;/h2-5,10,15,17H,6-7H2,1H3,(H,16,18);1H. The van der Waals surface area contributed by atoms with E-state index in [2.05, 4.69) is 15.4 Å². The summed E-state index contributed by atoms with van der Waals surface area (Å²) in [6.07, 6.45) is 0.447. The number of rotatable bonds is 4. The van der Waals surface area contributed by atoms with E-state index in [4.69, 9.17) is 0 Å². The lowest BCUT2D eigenvalue weighted by molar-refractivity contribution is -0.118. The maximum atomic E-state index is 13.0. The highest BCUT2D eigenvalue weighted by atomic mass is 35.5. The molecule has 3 N–H and O–H groups in total. The lowest BCUT2D eigenvalue weighted by atomic mass is 10.2. The monoisotopic (exact) mass is 355 g/mol. The minimum atomic E-state index is -3.43. The number of sulfonamides is 1. The number of carbonyl (C=O) groups excluding carboxylic acids is 1. The maximum Gasteiger partial charge on any atom is 0.262 e. The summed E-state index contributed by atoms with van der Waals surface area (Å²) in [6, 6.07) is 5.04. The van der Waals surface area contributed by atoms with Crippen LogP contribution in [0.4, 0.5) is 20.2 Å². The molecule has 22 heavy (non-hydrogen) atoms. The van der Waals surface area contributed by atoms with E-state index in [1.54, 1.807) is 12.1 Å². The summed E-state index contributed by atoms with van der Waals surface area (Å²) in [7, 11) is -3.43. The van der Waals surface area contributed by atoms with Gasteiger partial charge in [0.1, 0.15) is 0 Å². The zero-order valence-electron chi connectivity index (χ0n) is 11.6. The fourth-order valence-corrected chi connectivity index (χ4v) is 2.56. The predicted molar refractivity (Wildman–Crippen MR) is 82.1 cm³/mol. The molecule has 0 bridgehead atoms. The topological polar surface area (TPSA) is 87.3 Å². The van der Waals surface area contributed by atoms with Crippen LogP contribution < -0.4 is 15.4 Å².